The van der Waals surface area contributed by atoms with Gasteiger partial charge < -0.3 is 5.73 Å². The van der Waals surface area contributed by atoms with Crippen LogP contribution >= 0.6 is 15.9 Å². The van der Waals surface area contributed by atoms with Gasteiger partial charge in [0.2, 0.25) is 0 Å². The predicted molar refractivity (Wildman–Crippen MR) is 73.8 cm³/mol. The molecule has 0 saturated heterocycles. The average molecular weight is 312 g/mol. The second-order valence-electron chi connectivity index (χ2n) is 4.21. The highest BCUT2D eigenvalue weighted by atomic mass is 79.9. The van der Waals surface area contributed by atoms with Crippen LogP contribution in [-0.4, -0.2) is 16.3 Å². The van der Waals surface area contributed by atoms with Crippen LogP contribution in [0, 0.1) is 12.7 Å². The number of rotatable bonds is 3. The van der Waals surface area contributed by atoms with Crippen molar-refractivity contribution in [1.29, 1.82) is 0 Å². The van der Waals surface area contributed by atoms with Crippen LogP contribution in [0.3, 0.4) is 0 Å². The quantitative estimate of drug-likeness (QED) is 0.947. The zero-order valence-electron chi connectivity index (χ0n) is 10.4. The molecule has 0 unspecified atom stereocenters. The Morgan fingerprint density at radius 1 is 1.44 bits per heavy atom. The maximum atomic E-state index is 13.9. The van der Waals surface area contributed by atoms with Crippen molar-refractivity contribution < 1.29 is 4.39 Å². The van der Waals surface area contributed by atoms with Gasteiger partial charge in [0.05, 0.1) is 5.69 Å². The number of aryl methyl sites for hydroxylation is 1. The Morgan fingerprint density at radius 2 is 2.17 bits per heavy atom. The molecule has 3 nitrogen and oxygen atoms in total. The maximum absolute atomic E-state index is 13.9. The molecular formula is C13H15BrFN3. The minimum absolute atomic E-state index is 0.265. The van der Waals surface area contributed by atoms with Gasteiger partial charge in [-0.25, -0.2) is 4.39 Å². The molecule has 0 amide bonds. The van der Waals surface area contributed by atoms with Gasteiger partial charge in [0.15, 0.2) is 0 Å². The lowest BCUT2D eigenvalue weighted by Crippen LogP contribution is -2.08. The van der Waals surface area contributed by atoms with Gasteiger partial charge in [0.1, 0.15) is 5.82 Å². The summed E-state index contributed by atoms with van der Waals surface area (Å²) in [5.41, 5.74) is 8.81. The Hall–Kier alpha value is -1.20. The molecule has 0 atom stereocenters. The van der Waals surface area contributed by atoms with Crippen molar-refractivity contribution in [2.24, 2.45) is 12.8 Å². The molecule has 96 valence electrons. The summed E-state index contributed by atoms with van der Waals surface area (Å²) < 4.78 is 16.5. The van der Waals surface area contributed by atoms with Crippen LogP contribution in [0.1, 0.15) is 11.3 Å². The van der Waals surface area contributed by atoms with Crippen molar-refractivity contribution in [2.75, 3.05) is 6.54 Å². The third-order valence-electron chi connectivity index (χ3n) is 2.99. The van der Waals surface area contributed by atoms with Crippen molar-refractivity contribution in [2.45, 2.75) is 13.3 Å². The van der Waals surface area contributed by atoms with Crippen molar-refractivity contribution in [3.63, 3.8) is 0 Å². The first-order chi connectivity index (χ1) is 8.54. The normalized spacial score (nSPS) is 10.9. The third-order valence-corrected chi connectivity index (χ3v) is 3.49. The van der Waals surface area contributed by atoms with E-state index in [-0.39, 0.29) is 5.82 Å². The second-order valence-corrected chi connectivity index (χ2v) is 5.12. The fraction of sp³-hybridized carbons (Fsp3) is 0.308. The first-order valence-corrected chi connectivity index (χ1v) is 6.52. The highest BCUT2D eigenvalue weighted by molar-refractivity contribution is 9.10. The Labute approximate surface area is 114 Å². The number of nitrogens with zero attached hydrogens (tertiary/aromatic N) is 2. The molecule has 2 rings (SSSR count). The molecule has 0 aliphatic heterocycles. The topological polar surface area (TPSA) is 43.8 Å². The van der Waals surface area contributed by atoms with E-state index in [1.54, 1.807) is 16.8 Å². The molecule has 5 heteroatoms. The van der Waals surface area contributed by atoms with Gasteiger partial charge >= 0.3 is 0 Å². The highest BCUT2D eigenvalue weighted by Gasteiger charge is 2.16. The molecule has 0 radical (unpaired) electrons. The monoisotopic (exact) mass is 311 g/mol. The molecule has 2 aromatic rings. The molecule has 1 aromatic carbocycles. The first kappa shape index (κ1) is 13.2. The van der Waals surface area contributed by atoms with E-state index in [9.17, 15) is 4.39 Å². The van der Waals surface area contributed by atoms with Gasteiger partial charge in [-0.1, -0.05) is 15.9 Å². The summed E-state index contributed by atoms with van der Waals surface area (Å²) in [5.74, 6) is -0.265. The molecule has 0 saturated carbocycles. The molecule has 0 bridgehead atoms. The molecule has 0 spiro atoms. The van der Waals surface area contributed by atoms with E-state index < -0.39 is 0 Å². The van der Waals surface area contributed by atoms with E-state index in [1.807, 2.05) is 14.0 Å². The standard InChI is InChI=1S/C13H15BrFN3/c1-8-12(5-6-16)18(2)17-13(8)10-7-9(14)3-4-11(10)15/h3-4,7H,5-6,16H2,1-2H3. The third kappa shape index (κ3) is 2.33. The summed E-state index contributed by atoms with van der Waals surface area (Å²) in [4.78, 5) is 0. The molecule has 1 aromatic heterocycles. The molecule has 18 heavy (non-hydrogen) atoms. The zero-order valence-corrected chi connectivity index (χ0v) is 12.0. The van der Waals surface area contributed by atoms with Crippen molar-refractivity contribution >= 4 is 15.9 Å². The summed E-state index contributed by atoms with van der Waals surface area (Å²) in [7, 11) is 1.86. The van der Waals surface area contributed by atoms with Crippen LogP contribution in [0.5, 0.6) is 0 Å². The Bertz CT molecular complexity index is 578. The lowest BCUT2D eigenvalue weighted by atomic mass is 10.1. The van der Waals surface area contributed by atoms with Crippen LogP contribution in [0.25, 0.3) is 11.3 Å². The number of benzene rings is 1. The smallest absolute Gasteiger partial charge is 0.132 e. The SMILES string of the molecule is Cc1c(-c2cc(Br)ccc2F)nn(C)c1CCN. The summed E-state index contributed by atoms with van der Waals surface area (Å²) in [6, 6.07) is 4.87. The molecule has 0 aliphatic rings. The van der Waals surface area contributed by atoms with E-state index in [0.717, 1.165) is 22.2 Å². The van der Waals surface area contributed by atoms with Gasteiger partial charge in [-0.3, -0.25) is 4.68 Å². The van der Waals surface area contributed by atoms with Gasteiger partial charge in [-0.15, -0.1) is 0 Å². The zero-order chi connectivity index (χ0) is 13.3. The molecule has 0 aliphatic carbocycles. The lowest BCUT2D eigenvalue weighted by molar-refractivity contribution is 0.629. The van der Waals surface area contributed by atoms with E-state index >= 15 is 0 Å². The van der Waals surface area contributed by atoms with E-state index in [1.165, 1.54) is 6.07 Å². The largest absolute Gasteiger partial charge is 0.330 e. The summed E-state index contributed by atoms with van der Waals surface area (Å²) in [5, 5.41) is 4.40. The highest BCUT2D eigenvalue weighted by Crippen LogP contribution is 2.29. The minimum atomic E-state index is -0.265. The fourth-order valence-electron chi connectivity index (χ4n) is 2.09. The molecular weight excluding hydrogens is 297 g/mol. The summed E-state index contributed by atoms with van der Waals surface area (Å²) >= 11 is 3.35. The predicted octanol–water partition coefficient (Wildman–Crippen LogP) is 2.80. The molecule has 2 N–H and O–H groups in total. The van der Waals surface area contributed by atoms with Gasteiger partial charge in [-0.05, 0) is 37.2 Å². The van der Waals surface area contributed by atoms with Gasteiger partial charge in [-0.2, -0.15) is 5.10 Å². The fourth-order valence-corrected chi connectivity index (χ4v) is 2.45. The van der Waals surface area contributed by atoms with Crippen molar-refractivity contribution in [3.05, 3.63) is 39.7 Å². The van der Waals surface area contributed by atoms with Crippen molar-refractivity contribution in [3.8, 4) is 11.3 Å². The van der Waals surface area contributed by atoms with E-state index in [0.29, 0.717) is 17.8 Å². The van der Waals surface area contributed by atoms with E-state index in [4.69, 9.17) is 5.73 Å². The molecule has 0 fully saturated rings. The van der Waals surface area contributed by atoms with Crippen LogP contribution in [0.15, 0.2) is 22.7 Å². The molecule has 1 heterocycles. The lowest BCUT2D eigenvalue weighted by Gasteiger charge is -2.02. The Balaban J connectivity index is 2.57. The van der Waals surface area contributed by atoms with E-state index in [2.05, 4.69) is 21.0 Å². The van der Waals surface area contributed by atoms with Gasteiger partial charge in [0, 0.05) is 29.2 Å². The van der Waals surface area contributed by atoms with Gasteiger partial charge in [0.25, 0.3) is 0 Å². The number of halogens is 2. The Kier molecular flexibility index (Phi) is 3.82. The maximum Gasteiger partial charge on any atom is 0.132 e. The summed E-state index contributed by atoms with van der Waals surface area (Å²) in [6.07, 6.45) is 0.741. The number of hydrogen-bond acceptors (Lipinski definition) is 2. The minimum Gasteiger partial charge on any atom is -0.330 e. The van der Waals surface area contributed by atoms with Crippen LogP contribution in [-0.2, 0) is 13.5 Å². The number of aromatic nitrogens is 2. The average Bonchev–Trinajstić information content (AvgIpc) is 2.61. The van der Waals surface area contributed by atoms with Crippen LogP contribution in [0.4, 0.5) is 4.39 Å². The van der Waals surface area contributed by atoms with Crippen LogP contribution in [0.2, 0.25) is 0 Å². The number of nitrogens with two attached hydrogens (primary N) is 1. The van der Waals surface area contributed by atoms with Crippen molar-refractivity contribution in [1.82, 2.24) is 9.78 Å². The van der Waals surface area contributed by atoms with Crippen LogP contribution < -0.4 is 5.73 Å². The first-order valence-electron chi connectivity index (χ1n) is 5.72. The summed E-state index contributed by atoms with van der Waals surface area (Å²) in [6.45, 7) is 2.51. The number of hydrogen-bond donors (Lipinski definition) is 1. The Morgan fingerprint density at radius 3 is 2.83 bits per heavy atom. The second kappa shape index (κ2) is 5.20.